The van der Waals surface area contributed by atoms with Crippen molar-refractivity contribution in [3.05, 3.63) is 72.8 Å². The van der Waals surface area contributed by atoms with Crippen LogP contribution in [0.4, 0.5) is 0 Å². The molecule has 0 amide bonds. The lowest BCUT2D eigenvalue weighted by Crippen LogP contribution is -1.97. The van der Waals surface area contributed by atoms with E-state index in [-0.39, 0.29) is 11.4 Å². The topological polar surface area (TPSA) is 18.5 Å². The number of ether oxygens (including phenoxy) is 2. The average Bonchev–Trinajstić information content (AvgIpc) is 3.68. The van der Waals surface area contributed by atoms with E-state index in [9.17, 15) is 0 Å². The molecule has 2 heterocycles. The summed E-state index contributed by atoms with van der Waals surface area (Å²) in [6.07, 6.45) is 15.2. The maximum Gasteiger partial charge on any atom is 0.140 e. The molecule has 4 heteroatoms. The molecule has 0 unspecified atom stereocenters. The molecule has 0 aliphatic heterocycles. The first kappa shape index (κ1) is 28.7. The maximum atomic E-state index is 5.95. The van der Waals surface area contributed by atoms with Gasteiger partial charge in [0, 0.05) is 48.7 Å². The molecule has 214 valence electrons. The van der Waals surface area contributed by atoms with Gasteiger partial charge >= 0.3 is 0 Å². The van der Waals surface area contributed by atoms with E-state index in [1.807, 2.05) is 35.6 Å². The molecule has 40 heavy (non-hydrogen) atoms. The SMILES string of the molecule is C#CC#CC#CC#COc1ccc(-c2ccc(-c3ccc(-c4ccc(OCCCCCCCC)cc4)s3)s2)cc1.[HH].[HH].[HH].[HH].[HH].[HH].[HH].[HH]. The number of thiophene rings is 2. The quantitative estimate of drug-likeness (QED) is 0.124. The van der Waals surface area contributed by atoms with Gasteiger partial charge in [0.2, 0.25) is 0 Å². The fourth-order valence-electron chi connectivity index (χ4n) is 3.97. The minimum Gasteiger partial charge on any atom is -0.494 e. The van der Waals surface area contributed by atoms with Crippen molar-refractivity contribution in [3.8, 4) is 90.2 Å². The fourth-order valence-corrected chi connectivity index (χ4v) is 6.08. The third-order valence-electron chi connectivity index (χ3n) is 6.04. The van der Waals surface area contributed by atoms with Crippen LogP contribution in [0, 0.1) is 48.1 Å². The molecule has 0 radical (unpaired) electrons. The number of unbranched alkanes of at least 4 members (excludes halogenated alkanes) is 5. The molecule has 2 aromatic heterocycles. The van der Waals surface area contributed by atoms with Gasteiger partial charge in [-0.15, -0.1) is 29.1 Å². The molecule has 0 saturated carbocycles. The zero-order valence-corrected chi connectivity index (χ0v) is 24.2. The summed E-state index contributed by atoms with van der Waals surface area (Å²) in [6, 6.07) is 25.1. The van der Waals surface area contributed by atoms with E-state index in [1.165, 1.54) is 57.2 Å². The third kappa shape index (κ3) is 8.87. The van der Waals surface area contributed by atoms with Gasteiger partial charge in [0.05, 0.1) is 6.61 Å². The lowest BCUT2D eigenvalue weighted by molar-refractivity contribution is 0.304. The van der Waals surface area contributed by atoms with Crippen molar-refractivity contribution in [1.29, 1.82) is 0 Å². The van der Waals surface area contributed by atoms with Crippen molar-refractivity contribution in [2.24, 2.45) is 0 Å². The van der Waals surface area contributed by atoms with Gasteiger partial charge in [0.1, 0.15) is 17.6 Å². The molecule has 4 aromatic rings. The fraction of sp³-hybridized carbons (Fsp3) is 0.222. The summed E-state index contributed by atoms with van der Waals surface area (Å²) in [5, 5.41) is 0. The molecular weight excluding hydrogens is 529 g/mol. The van der Waals surface area contributed by atoms with Gasteiger partial charge in [-0.05, 0) is 108 Å². The molecule has 0 atom stereocenters. The van der Waals surface area contributed by atoms with Crippen molar-refractivity contribution in [3.63, 3.8) is 0 Å². The molecule has 0 aliphatic rings. The molecule has 0 saturated heterocycles. The van der Waals surface area contributed by atoms with Crippen LogP contribution < -0.4 is 9.47 Å². The molecular formula is C36H46O2S2. The zero-order chi connectivity index (χ0) is 27.8. The molecule has 0 spiro atoms. The maximum absolute atomic E-state index is 5.95. The first-order valence-corrected chi connectivity index (χ1v) is 15.1. The predicted octanol–water partition coefficient (Wildman–Crippen LogP) is 11.5. The minimum atomic E-state index is 0. The van der Waals surface area contributed by atoms with Gasteiger partial charge in [0.25, 0.3) is 0 Å². The van der Waals surface area contributed by atoms with Crippen LogP contribution in [0.5, 0.6) is 11.5 Å². The first-order chi connectivity index (χ1) is 19.8. The monoisotopic (exact) mass is 574 g/mol. The summed E-state index contributed by atoms with van der Waals surface area (Å²) in [5.74, 6) is 16.4. The molecule has 0 N–H and O–H groups in total. The second-order valence-electron chi connectivity index (χ2n) is 8.97. The third-order valence-corrected chi connectivity index (χ3v) is 8.51. The summed E-state index contributed by atoms with van der Waals surface area (Å²) < 4.78 is 11.4. The van der Waals surface area contributed by atoms with Gasteiger partial charge < -0.3 is 9.47 Å². The van der Waals surface area contributed by atoms with E-state index in [2.05, 4.69) is 97.1 Å². The number of hydrogen-bond donors (Lipinski definition) is 0. The van der Waals surface area contributed by atoms with Crippen LogP contribution in [0.1, 0.15) is 56.9 Å². The van der Waals surface area contributed by atoms with Crippen molar-refractivity contribution < 1.29 is 20.9 Å². The van der Waals surface area contributed by atoms with Gasteiger partial charge in [-0.3, -0.25) is 0 Å². The predicted molar refractivity (Wildman–Crippen MR) is 187 cm³/mol. The smallest absolute Gasteiger partial charge is 0.140 e. The van der Waals surface area contributed by atoms with E-state index < -0.39 is 0 Å². The van der Waals surface area contributed by atoms with Crippen LogP contribution >= 0.6 is 22.7 Å². The highest BCUT2D eigenvalue weighted by atomic mass is 32.1. The van der Waals surface area contributed by atoms with Crippen LogP contribution in [0.3, 0.4) is 0 Å². The number of hydrogen-bond acceptors (Lipinski definition) is 4. The number of terminal acetylenes is 1. The Kier molecular flexibility index (Phi) is 11.4. The molecule has 4 rings (SSSR count). The molecule has 0 aliphatic carbocycles. The van der Waals surface area contributed by atoms with Crippen molar-refractivity contribution >= 4 is 22.7 Å². The summed E-state index contributed by atoms with van der Waals surface area (Å²) in [6.45, 7) is 3.04. The van der Waals surface area contributed by atoms with Crippen LogP contribution in [0.25, 0.3) is 30.6 Å². The Balaban J connectivity index is -0.000000770. The van der Waals surface area contributed by atoms with Crippen LogP contribution in [-0.4, -0.2) is 6.61 Å². The van der Waals surface area contributed by atoms with E-state index >= 15 is 0 Å². The van der Waals surface area contributed by atoms with E-state index in [0.717, 1.165) is 24.3 Å². The van der Waals surface area contributed by atoms with Gasteiger partial charge in [-0.1, -0.05) is 39.0 Å². The second kappa shape index (κ2) is 15.9. The largest absolute Gasteiger partial charge is 0.494 e. The Morgan fingerprint density at radius 3 is 1.75 bits per heavy atom. The summed E-state index contributed by atoms with van der Waals surface area (Å²) in [4.78, 5) is 4.97. The van der Waals surface area contributed by atoms with E-state index in [1.54, 1.807) is 11.3 Å². The average molecular weight is 575 g/mol. The van der Waals surface area contributed by atoms with E-state index in [4.69, 9.17) is 15.9 Å². The standard InChI is InChI=1S/C36H30O2S2.8H2/c1-3-5-7-9-11-13-27-37-31-19-15-29(16-20-31)33-23-25-35(39-33)36-26-24-34(40-36)30-17-21-32(22-18-30)38-28-14-12-10-8-6-4-2;;;;;;;;/h1,15-26H,4,6,8,10,12,14,28H2,2H3;8*1H. The molecule has 2 nitrogen and oxygen atoms in total. The summed E-state index contributed by atoms with van der Waals surface area (Å²) in [5.41, 5.74) is 2.35. The Hall–Kier alpha value is -4.32. The Morgan fingerprint density at radius 1 is 0.600 bits per heavy atom. The minimum absolute atomic E-state index is 0. The normalized spacial score (nSPS) is 9.70. The number of benzene rings is 2. The van der Waals surface area contributed by atoms with Crippen molar-refractivity contribution in [2.45, 2.75) is 45.4 Å². The summed E-state index contributed by atoms with van der Waals surface area (Å²) >= 11 is 3.59. The van der Waals surface area contributed by atoms with E-state index in [0.29, 0.717) is 5.75 Å². The first-order valence-electron chi connectivity index (χ1n) is 13.4. The van der Waals surface area contributed by atoms with Crippen molar-refractivity contribution in [1.82, 2.24) is 0 Å². The molecule has 0 bridgehead atoms. The van der Waals surface area contributed by atoms with Crippen LogP contribution in [0.15, 0.2) is 72.8 Å². The van der Waals surface area contributed by atoms with Crippen LogP contribution in [-0.2, 0) is 0 Å². The lowest BCUT2D eigenvalue weighted by Gasteiger charge is -2.07. The lowest BCUT2D eigenvalue weighted by atomic mass is 10.1. The van der Waals surface area contributed by atoms with Gasteiger partial charge in [-0.25, -0.2) is 0 Å². The Morgan fingerprint density at radius 2 is 1.12 bits per heavy atom. The van der Waals surface area contributed by atoms with Gasteiger partial charge in [-0.2, -0.15) is 0 Å². The number of rotatable bonds is 12. The second-order valence-corrected chi connectivity index (χ2v) is 11.1. The highest BCUT2D eigenvalue weighted by molar-refractivity contribution is 7.25. The highest BCUT2D eigenvalue weighted by Crippen LogP contribution is 2.40. The summed E-state index contributed by atoms with van der Waals surface area (Å²) in [7, 11) is 0. The zero-order valence-electron chi connectivity index (χ0n) is 22.6. The van der Waals surface area contributed by atoms with Crippen molar-refractivity contribution in [2.75, 3.05) is 6.61 Å². The highest BCUT2D eigenvalue weighted by Gasteiger charge is 2.09. The Labute approximate surface area is 258 Å². The molecule has 2 aromatic carbocycles. The Bertz CT molecular complexity index is 1630. The van der Waals surface area contributed by atoms with Gasteiger partial charge in [0.15, 0.2) is 0 Å². The van der Waals surface area contributed by atoms with Crippen LogP contribution in [0.2, 0.25) is 0 Å². The molecule has 0 fully saturated rings.